The van der Waals surface area contributed by atoms with Crippen LogP contribution in [0.5, 0.6) is 0 Å². The molecule has 1 N–H and O–H groups in total. The average molecular weight is 687 g/mol. The fourth-order valence-corrected chi connectivity index (χ4v) is 11.2. The maximum atomic E-state index is 15.2. The van der Waals surface area contributed by atoms with E-state index in [2.05, 4.69) is 46.3 Å². The molecule has 5 nitrogen and oxygen atoms in total. The smallest absolute Gasteiger partial charge is 0.276 e. The highest BCUT2D eigenvalue weighted by Crippen LogP contribution is 2.48. The maximum absolute atomic E-state index is 15.2. The van der Waals surface area contributed by atoms with Gasteiger partial charge in [0.25, 0.3) is 10.0 Å². The van der Waals surface area contributed by atoms with Crippen LogP contribution in [0.15, 0.2) is 186 Å². The van der Waals surface area contributed by atoms with Gasteiger partial charge in [-0.25, -0.2) is 0 Å². The highest BCUT2D eigenvalue weighted by molar-refractivity contribution is 7.96. The molecular weight excluding hydrogens is 655 g/mol. The van der Waals surface area contributed by atoms with E-state index in [1.54, 1.807) is 42.5 Å². The van der Waals surface area contributed by atoms with Gasteiger partial charge in [0, 0.05) is 22.3 Å². The Labute approximate surface area is 286 Å². The lowest BCUT2D eigenvalue weighted by Crippen LogP contribution is -2.35. The third kappa shape index (κ3) is 6.97. The highest BCUT2D eigenvalue weighted by atomic mass is 35.5. The molecule has 0 fully saturated rings. The lowest BCUT2D eigenvalue weighted by atomic mass is 10.0. The van der Waals surface area contributed by atoms with Crippen molar-refractivity contribution >= 4 is 61.2 Å². The zero-order valence-electron chi connectivity index (χ0n) is 25.9. The van der Waals surface area contributed by atoms with Gasteiger partial charge in [0.2, 0.25) is 0 Å². The molecule has 0 bridgehead atoms. The minimum atomic E-state index is -4.01. The number of nitrogens with zero attached hydrogens (tertiary/aromatic N) is 1. The minimum absolute atomic E-state index is 0.0508. The van der Waals surface area contributed by atoms with Crippen molar-refractivity contribution in [2.24, 2.45) is 5.10 Å². The zero-order chi connectivity index (χ0) is 33.4. The number of carbonyl (C=O) groups excluding carboxylic acids is 1. The molecule has 6 aromatic carbocycles. The second-order valence-electron chi connectivity index (χ2n) is 11.0. The lowest BCUT2D eigenvalue weighted by molar-refractivity contribution is 0.106. The van der Waals surface area contributed by atoms with Gasteiger partial charge in [-0.3, -0.25) is 4.79 Å². The van der Waals surface area contributed by atoms with Crippen molar-refractivity contribution in [1.29, 1.82) is 0 Å². The number of hydrogen-bond acceptors (Lipinski definition) is 4. The number of nitrogens with one attached hydrogen (secondary N) is 1. The summed E-state index contributed by atoms with van der Waals surface area (Å²) in [5.41, 5.74) is 1.56. The first kappa shape index (κ1) is 32.9. The van der Waals surface area contributed by atoms with Crippen LogP contribution in [0, 0.1) is 0 Å². The van der Waals surface area contributed by atoms with Crippen LogP contribution in [0.3, 0.4) is 0 Å². The quantitative estimate of drug-likeness (QED) is 0.0666. The molecule has 0 saturated heterocycles. The number of carbonyl (C=O) groups is 1. The Morgan fingerprint density at radius 1 is 0.562 bits per heavy atom. The number of benzene rings is 6. The number of hydrogen-bond donors (Lipinski definition) is 1. The molecule has 0 aliphatic rings. The molecule has 0 aromatic heterocycles. The van der Waals surface area contributed by atoms with Gasteiger partial charge in [-0.1, -0.05) is 151 Å². The van der Waals surface area contributed by atoms with Crippen LogP contribution in [0.4, 0.5) is 0 Å². The van der Waals surface area contributed by atoms with E-state index in [-0.39, 0.29) is 17.1 Å². The summed E-state index contributed by atoms with van der Waals surface area (Å²) in [5, 5.41) is 8.63. The van der Waals surface area contributed by atoms with E-state index in [0.717, 1.165) is 15.9 Å². The third-order valence-electron chi connectivity index (χ3n) is 8.00. The van der Waals surface area contributed by atoms with E-state index < -0.39 is 16.9 Å². The van der Waals surface area contributed by atoms with Crippen molar-refractivity contribution in [3.8, 4) is 0 Å². The summed E-state index contributed by atoms with van der Waals surface area (Å²) in [7, 11) is -4.01. The summed E-state index contributed by atoms with van der Waals surface area (Å²) in [4.78, 5) is 17.7. The van der Waals surface area contributed by atoms with Crippen LogP contribution >= 0.6 is 18.5 Å². The van der Waals surface area contributed by atoms with Gasteiger partial charge in [-0.2, -0.15) is 18.4 Å². The predicted molar refractivity (Wildman–Crippen MR) is 200 cm³/mol. The van der Waals surface area contributed by atoms with Gasteiger partial charge in [-0.05, 0) is 64.8 Å². The number of ketones is 1. The summed E-state index contributed by atoms with van der Waals surface area (Å²) in [5.74, 6) is -0.175. The van der Waals surface area contributed by atoms with Gasteiger partial charge in [0.15, 0.2) is 5.78 Å². The Morgan fingerprint density at radius 2 is 0.979 bits per heavy atom. The van der Waals surface area contributed by atoms with Gasteiger partial charge in [-0.15, -0.1) is 0 Å². The molecule has 48 heavy (non-hydrogen) atoms. The summed E-state index contributed by atoms with van der Waals surface area (Å²) in [6.45, 7) is -2.92. The van der Waals surface area contributed by atoms with Crippen molar-refractivity contribution in [2.75, 3.05) is 0 Å². The molecule has 0 heterocycles. The van der Waals surface area contributed by atoms with E-state index in [1.165, 1.54) is 12.1 Å². The Morgan fingerprint density at radius 3 is 1.44 bits per heavy atom. The first-order valence-electron chi connectivity index (χ1n) is 15.3. The highest BCUT2D eigenvalue weighted by Gasteiger charge is 2.34. The average Bonchev–Trinajstić information content (AvgIpc) is 3.15. The van der Waals surface area contributed by atoms with Crippen LogP contribution in [0.25, 0.3) is 0 Å². The van der Waals surface area contributed by atoms with Crippen LogP contribution in [0.1, 0.15) is 22.3 Å². The molecule has 0 spiro atoms. The van der Waals surface area contributed by atoms with Gasteiger partial charge in [0.1, 0.15) is 0 Å². The van der Waals surface area contributed by atoms with Crippen molar-refractivity contribution in [2.45, 2.75) is 11.3 Å². The topological polar surface area (TPSA) is 75.6 Å². The first-order valence-corrected chi connectivity index (χ1v) is 19.0. The molecule has 8 heteroatoms. The molecule has 238 valence electrons. The molecule has 6 rings (SSSR count). The third-order valence-corrected chi connectivity index (χ3v) is 13.9. The van der Waals surface area contributed by atoms with Crippen molar-refractivity contribution in [3.63, 3.8) is 0 Å². The molecule has 0 aliphatic carbocycles. The van der Waals surface area contributed by atoms with Crippen LogP contribution < -0.4 is 20.7 Å². The Balaban J connectivity index is 1.71. The number of rotatable bonds is 11. The molecule has 0 aliphatic heterocycles. The summed E-state index contributed by atoms with van der Waals surface area (Å²) >= 11 is 6.28. The molecule has 0 amide bonds. The molecule has 0 unspecified atom stereocenters. The number of sulfonamides is 1. The summed E-state index contributed by atoms with van der Waals surface area (Å²) in [6, 6.07) is 54.6. The monoisotopic (exact) mass is 686 g/mol. The van der Waals surface area contributed by atoms with Crippen molar-refractivity contribution < 1.29 is 13.2 Å². The predicted octanol–water partition coefficient (Wildman–Crippen LogP) is 7.46. The normalized spacial score (nSPS) is 11.9. The van der Waals surface area contributed by atoms with E-state index in [1.807, 2.05) is 84.9 Å². The minimum Gasteiger partial charge on any atom is -0.289 e. The van der Waals surface area contributed by atoms with Gasteiger partial charge >= 0.3 is 0 Å². The van der Waals surface area contributed by atoms with Gasteiger partial charge < -0.3 is 0 Å². The van der Waals surface area contributed by atoms with Crippen molar-refractivity contribution in [1.82, 2.24) is 4.83 Å². The second kappa shape index (κ2) is 14.8. The van der Waals surface area contributed by atoms with Gasteiger partial charge in [0.05, 0.1) is 10.6 Å². The van der Waals surface area contributed by atoms with E-state index in [9.17, 15) is 8.42 Å². The largest absolute Gasteiger partial charge is 0.289 e. The standard InChI is InChI=1S/C40H32ClN2O3PS/c41-33-28-26-32(27-29-33)40(44)39(30-38(31-16-6-1-7-17-31)42-43-48(45,46)37-24-14-5-15-25-37)47(34-18-8-2-9-19-34,35-20-10-3-11-21-35)36-22-12-4-13-23-36/h1-29,43H,30H2/b42-38-. The van der Waals surface area contributed by atoms with Crippen molar-refractivity contribution in [3.05, 3.63) is 192 Å². The second-order valence-corrected chi connectivity index (χ2v) is 16.5. The first-order chi connectivity index (χ1) is 23.4. The van der Waals surface area contributed by atoms with Crippen LogP contribution in [-0.2, 0) is 10.0 Å². The number of hydrazone groups is 1. The summed E-state index contributed by atoms with van der Waals surface area (Å²) in [6.07, 6.45) is 0.0508. The van der Waals surface area contributed by atoms with E-state index in [4.69, 9.17) is 11.6 Å². The molecule has 0 atom stereocenters. The Bertz CT molecular complexity index is 2090. The van der Waals surface area contributed by atoms with E-state index >= 15 is 4.79 Å². The molecule has 0 saturated carbocycles. The fraction of sp³-hybridized carbons (Fsp3) is 0.0250. The van der Waals surface area contributed by atoms with E-state index in [0.29, 0.717) is 27.2 Å². The maximum Gasteiger partial charge on any atom is 0.276 e. The Kier molecular flexibility index (Phi) is 10.2. The molecular formula is C40H32ClN2O3PS. The summed E-state index contributed by atoms with van der Waals surface area (Å²) < 4.78 is 26.8. The number of Topliss-reactive ketones (excluding diaryl/α,β-unsaturated/α-hetero) is 1. The lowest BCUT2D eigenvalue weighted by Gasteiger charge is -2.33. The fourth-order valence-electron chi connectivity index (χ4n) is 5.75. The molecule has 6 aromatic rings. The zero-order valence-corrected chi connectivity index (χ0v) is 28.3. The molecule has 0 radical (unpaired) electrons. The van der Waals surface area contributed by atoms with Crippen LogP contribution in [-0.4, -0.2) is 25.2 Å². The SMILES string of the molecule is O=C(C(C/C(=N/NS(=O)(=O)c1ccccc1)c1ccccc1)=P(c1ccccc1)(c1ccccc1)c1ccccc1)c1ccc(Cl)cc1. The Hall–Kier alpha value is -5.00. The number of halogens is 1. The van der Waals surface area contributed by atoms with Crippen LogP contribution in [0.2, 0.25) is 5.02 Å².